The normalized spacial score (nSPS) is 12.3. The monoisotopic (exact) mass is 504 g/mol. The van der Waals surface area contributed by atoms with Gasteiger partial charge in [-0.1, -0.05) is 72.8 Å². The van der Waals surface area contributed by atoms with E-state index in [1.807, 2.05) is 72.8 Å². The minimum atomic E-state index is -1.05. The second-order valence-electron chi connectivity index (χ2n) is 8.77. The van der Waals surface area contributed by atoms with E-state index in [2.05, 4.69) is 16.0 Å². The molecule has 0 bridgehead atoms. The largest absolute Gasteiger partial charge is 0.350 e. The van der Waals surface area contributed by atoms with Gasteiger partial charge in [0.15, 0.2) is 0 Å². The standard InChI is InChI=1S/C28H32N4O5/c1-19(27(35)29-18-22-12-7-11-21-10-5-6-13-23(21)22)30-28(36)24(15-17-26(34)32-37)31-25(33)16-14-20-8-3-2-4-9-20/h2-13,19,24,37H,14-18H2,1H3,(H,29,35)(H,30,36)(H,31,33)(H,32,34)/t19-,24-/m0/s1. The zero-order chi connectivity index (χ0) is 26.6. The zero-order valence-electron chi connectivity index (χ0n) is 20.7. The second kappa shape index (κ2) is 13.7. The Kier molecular flexibility index (Phi) is 10.2. The van der Waals surface area contributed by atoms with Gasteiger partial charge in [-0.15, -0.1) is 0 Å². The van der Waals surface area contributed by atoms with Gasteiger partial charge in [0.2, 0.25) is 23.6 Å². The van der Waals surface area contributed by atoms with Crippen molar-refractivity contribution in [2.45, 2.75) is 51.2 Å². The molecule has 3 rings (SSSR count). The molecular formula is C28H32N4O5. The van der Waals surface area contributed by atoms with Gasteiger partial charge >= 0.3 is 0 Å². The van der Waals surface area contributed by atoms with Crippen LogP contribution in [0.4, 0.5) is 0 Å². The number of fused-ring (bicyclic) bond motifs is 1. The maximum absolute atomic E-state index is 12.9. The minimum absolute atomic E-state index is 0.0420. The fourth-order valence-corrected chi connectivity index (χ4v) is 3.93. The van der Waals surface area contributed by atoms with Crippen molar-refractivity contribution in [3.63, 3.8) is 0 Å². The molecule has 0 spiro atoms. The summed E-state index contributed by atoms with van der Waals surface area (Å²) in [6, 6.07) is 21.2. The highest BCUT2D eigenvalue weighted by Crippen LogP contribution is 2.18. The van der Waals surface area contributed by atoms with E-state index in [4.69, 9.17) is 5.21 Å². The lowest BCUT2D eigenvalue weighted by Crippen LogP contribution is -2.52. The Bertz CT molecular complexity index is 1230. The molecule has 0 aliphatic heterocycles. The van der Waals surface area contributed by atoms with E-state index in [9.17, 15) is 19.2 Å². The summed E-state index contributed by atoms with van der Waals surface area (Å²) in [7, 11) is 0. The topological polar surface area (TPSA) is 137 Å². The third kappa shape index (κ3) is 8.43. The van der Waals surface area contributed by atoms with Crippen LogP contribution in [0, 0.1) is 0 Å². The lowest BCUT2D eigenvalue weighted by atomic mass is 10.0. The van der Waals surface area contributed by atoms with Gasteiger partial charge in [0.1, 0.15) is 12.1 Å². The molecule has 9 heteroatoms. The molecule has 0 heterocycles. The predicted octanol–water partition coefficient (Wildman–Crippen LogP) is 2.36. The lowest BCUT2D eigenvalue weighted by molar-refractivity contribution is -0.133. The number of carbonyl (C=O) groups excluding carboxylic acids is 4. The summed E-state index contributed by atoms with van der Waals surface area (Å²) >= 11 is 0. The molecule has 2 atom stereocenters. The third-order valence-electron chi connectivity index (χ3n) is 6.01. The first-order chi connectivity index (χ1) is 17.9. The highest BCUT2D eigenvalue weighted by Gasteiger charge is 2.25. The van der Waals surface area contributed by atoms with Crippen LogP contribution in [0.1, 0.15) is 37.3 Å². The van der Waals surface area contributed by atoms with Gasteiger partial charge in [-0.05, 0) is 41.7 Å². The molecule has 0 saturated carbocycles. The van der Waals surface area contributed by atoms with Crippen molar-refractivity contribution >= 4 is 34.4 Å². The molecule has 0 aliphatic carbocycles. The van der Waals surface area contributed by atoms with Gasteiger partial charge in [-0.2, -0.15) is 0 Å². The Morgan fingerprint density at radius 1 is 0.784 bits per heavy atom. The van der Waals surface area contributed by atoms with E-state index in [1.165, 1.54) is 5.48 Å². The van der Waals surface area contributed by atoms with Gasteiger partial charge in [0, 0.05) is 19.4 Å². The summed E-state index contributed by atoms with van der Waals surface area (Å²) in [6.07, 6.45) is 0.418. The summed E-state index contributed by atoms with van der Waals surface area (Å²) in [5.74, 6) is -2.02. The number of nitrogens with one attached hydrogen (secondary N) is 4. The van der Waals surface area contributed by atoms with Crippen LogP contribution in [0.25, 0.3) is 10.8 Å². The summed E-state index contributed by atoms with van der Waals surface area (Å²) < 4.78 is 0. The zero-order valence-corrected chi connectivity index (χ0v) is 20.7. The van der Waals surface area contributed by atoms with Crippen LogP contribution in [-0.2, 0) is 32.1 Å². The molecular weight excluding hydrogens is 472 g/mol. The fraction of sp³-hybridized carbons (Fsp3) is 0.286. The highest BCUT2D eigenvalue weighted by molar-refractivity contribution is 5.92. The van der Waals surface area contributed by atoms with Crippen LogP contribution >= 0.6 is 0 Å². The van der Waals surface area contributed by atoms with Gasteiger partial charge in [-0.3, -0.25) is 24.4 Å². The van der Waals surface area contributed by atoms with Crippen LogP contribution in [0.2, 0.25) is 0 Å². The van der Waals surface area contributed by atoms with Crippen LogP contribution in [0.3, 0.4) is 0 Å². The van der Waals surface area contributed by atoms with E-state index in [0.29, 0.717) is 6.42 Å². The number of amides is 4. The first-order valence-electron chi connectivity index (χ1n) is 12.2. The number of hydrogen-bond donors (Lipinski definition) is 5. The Balaban J connectivity index is 1.56. The average Bonchev–Trinajstić information content (AvgIpc) is 2.92. The number of aryl methyl sites for hydroxylation is 1. The van der Waals surface area contributed by atoms with Crippen molar-refractivity contribution in [1.29, 1.82) is 0 Å². The van der Waals surface area contributed by atoms with Gasteiger partial charge in [0.05, 0.1) is 0 Å². The van der Waals surface area contributed by atoms with Gasteiger partial charge in [0.25, 0.3) is 0 Å². The van der Waals surface area contributed by atoms with Crippen LogP contribution in [-0.4, -0.2) is 40.9 Å². The maximum atomic E-state index is 12.9. The molecule has 37 heavy (non-hydrogen) atoms. The molecule has 4 amide bonds. The maximum Gasteiger partial charge on any atom is 0.243 e. The first kappa shape index (κ1) is 27.3. The Hall–Kier alpha value is -4.24. The molecule has 3 aromatic rings. The molecule has 3 aromatic carbocycles. The van der Waals surface area contributed by atoms with Crippen molar-refractivity contribution in [2.75, 3.05) is 0 Å². The number of carbonyl (C=O) groups is 4. The molecule has 0 fully saturated rings. The Morgan fingerprint density at radius 3 is 2.24 bits per heavy atom. The number of hydroxylamine groups is 1. The average molecular weight is 505 g/mol. The quantitative estimate of drug-likeness (QED) is 0.191. The highest BCUT2D eigenvalue weighted by atomic mass is 16.5. The van der Waals surface area contributed by atoms with Gasteiger partial charge in [-0.25, -0.2) is 5.48 Å². The second-order valence-corrected chi connectivity index (χ2v) is 8.77. The molecule has 0 aliphatic rings. The van der Waals surface area contributed by atoms with Gasteiger partial charge < -0.3 is 16.0 Å². The number of rotatable bonds is 12. The van der Waals surface area contributed by atoms with Crippen molar-refractivity contribution < 1.29 is 24.4 Å². The first-order valence-corrected chi connectivity index (χ1v) is 12.2. The van der Waals surface area contributed by atoms with Crippen LogP contribution < -0.4 is 21.4 Å². The fourth-order valence-electron chi connectivity index (χ4n) is 3.93. The summed E-state index contributed by atoms with van der Waals surface area (Å²) in [5, 5.41) is 19.0. The predicted molar refractivity (Wildman–Crippen MR) is 139 cm³/mol. The molecule has 0 aromatic heterocycles. The van der Waals surface area contributed by atoms with Crippen molar-refractivity contribution in [1.82, 2.24) is 21.4 Å². The van der Waals surface area contributed by atoms with Crippen molar-refractivity contribution in [2.24, 2.45) is 0 Å². The van der Waals surface area contributed by atoms with Crippen molar-refractivity contribution in [3.05, 3.63) is 83.9 Å². The van der Waals surface area contributed by atoms with E-state index in [-0.39, 0.29) is 37.6 Å². The molecule has 0 unspecified atom stereocenters. The van der Waals surface area contributed by atoms with Crippen LogP contribution in [0.15, 0.2) is 72.8 Å². The number of hydrogen-bond acceptors (Lipinski definition) is 5. The minimum Gasteiger partial charge on any atom is -0.350 e. The summed E-state index contributed by atoms with van der Waals surface area (Å²) in [4.78, 5) is 49.6. The van der Waals surface area contributed by atoms with Crippen molar-refractivity contribution in [3.8, 4) is 0 Å². The van der Waals surface area contributed by atoms with E-state index in [0.717, 1.165) is 21.9 Å². The molecule has 9 nitrogen and oxygen atoms in total. The third-order valence-corrected chi connectivity index (χ3v) is 6.01. The molecule has 0 radical (unpaired) electrons. The van der Waals surface area contributed by atoms with Crippen LogP contribution in [0.5, 0.6) is 0 Å². The van der Waals surface area contributed by atoms with E-state index < -0.39 is 23.9 Å². The van der Waals surface area contributed by atoms with E-state index >= 15 is 0 Å². The Labute approximate surface area is 215 Å². The molecule has 5 N–H and O–H groups in total. The Morgan fingerprint density at radius 2 is 1.49 bits per heavy atom. The lowest BCUT2D eigenvalue weighted by Gasteiger charge is -2.21. The molecule has 194 valence electrons. The number of benzene rings is 3. The smallest absolute Gasteiger partial charge is 0.243 e. The molecule has 0 saturated heterocycles. The SMILES string of the molecule is C[C@H](NC(=O)[C@H](CCC(=O)NO)NC(=O)CCc1ccccc1)C(=O)NCc1cccc2ccccc12. The summed E-state index contributed by atoms with van der Waals surface area (Å²) in [6.45, 7) is 1.84. The van der Waals surface area contributed by atoms with E-state index in [1.54, 1.807) is 6.92 Å². The summed E-state index contributed by atoms with van der Waals surface area (Å²) in [5.41, 5.74) is 3.44.